The number of sulfonamides is 1. The highest BCUT2D eigenvalue weighted by Gasteiger charge is 2.16. The van der Waals surface area contributed by atoms with Crippen molar-refractivity contribution in [1.29, 1.82) is 5.26 Å². The van der Waals surface area contributed by atoms with Crippen LogP contribution in [0.4, 0.5) is 0 Å². The molecule has 0 radical (unpaired) electrons. The molecule has 16 heavy (non-hydrogen) atoms. The van der Waals surface area contributed by atoms with Gasteiger partial charge in [-0.15, -0.1) is 0 Å². The second-order valence-electron chi connectivity index (χ2n) is 3.11. The first-order valence-corrected chi connectivity index (χ1v) is 6.01. The van der Waals surface area contributed by atoms with Gasteiger partial charge in [-0.3, -0.25) is 0 Å². The van der Waals surface area contributed by atoms with Crippen molar-refractivity contribution in [2.24, 2.45) is 0 Å². The number of benzene rings is 1. The van der Waals surface area contributed by atoms with Crippen LogP contribution in [-0.4, -0.2) is 22.1 Å². The summed E-state index contributed by atoms with van der Waals surface area (Å²) in [7, 11) is -2.10. The Kier molecular flexibility index (Phi) is 3.88. The van der Waals surface area contributed by atoms with Crippen LogP contribution in [0.25, 0.3) is 0 Å². The molecule has 0 aliphatic heterocycles. The molecule has 6 heteroatoms. The van der Waals surface area contributed by atoms with E-state index in [-0.39, 0.29) is 11.4 Å². The summed E-state index contributed by atoms with van der Waals surface area (Å²) in [6.07, 6.45) is 0. The fourth-order valence-electron chi connectivity index (χ4n) is 1.26. The Hall–Kier alpha value is -1.58. The van der Waals surface area contributed by atoms with E-state index in [0.29, 0.717) is 11.3 Å². The normalized spacial score (nSPS) is 10.8. The van der Waals surface area contributed by atoms with Crippen LogP contribution in [-0.2, 0) is 10.0 Å². The molecule has 0 fully saturated rings. The predicted octanol–water partition coefficient (Wildman–Crippen LogP) is 0.806. The van der Waals surface area contributed by atoms with E-state index in [1.165, 1.54) is 13.2 Å². The maximum absolute atomic E-state index is 11.7. The summed E-state index contributed by atoms with van der Waals surface area (Å²) in [5, 5.41) is 8.33. The molecule has 1 N–H and O–H groups in total. The molecule has 1 aromatic rings. The molecule has 86 valence electrons. The average molecular weight is 240 g/mol. The Bertz CT molecular complexity index is 517. The Morgan fingerprint density at radius 2 is 2.19 bits per heavy atom. The third-order valence-electron chi connectivity index (χ3n) is 2.01. The number of methoxy groups -OCH3 is 1. The van der Waals surface area contributed by atoms with Gasteiger partial charge in [0.1, 0.15) is 5.75 Å². The van der Waals surface area contributed by atoms with E-state index < -0.39 is 10.0 Å². The van der Waals surface area contributed by atoms with Gasteiger partial charge in [0.15, 0.2) is 0 Å². The fourth-order valence-corrected chi connectivity index (χ4v) is 2.40. The monoisotopic (exact) mass is 240 g/mol. The van der Waals surface area contributed by atoms with Crippen LogP contribution in [0.3, 0.4) is 0 Å². The molecule has 0 saturated carbocycles. The van der Waals surface area contributed by atoms with Gasteiger partial charge >= 0.3 is 0 Å². The molecule has 5 nitrogen and oxygen atoms in total. The maximum Gasteiger partial charge on any atom is 0.241 e. The van der Waals surface area contributed by atoms with Gasteiger partial charge in [0.05, 0.1) is 24.6 Å². The molecule has 0 spiro atoms. The summed E-state index contributed by atoms with van der Waals surface area (Å²) in [4.78, 5) is 0.156. The van der Waals surface area contributed by atoms with Crippen LogP contribution in [0.1, 0.15) is 5.56 Å². The Morgan fingerprint density at radius 1 is 1.50 bits per heavy atom. The summed E-state index contributed by atoms with van der Waals surface area (Å²) in [6, 6.07) is 6.36. The molecular weight excluding hydrogens is 228 g/mol. The summed E-state index contributed by atoms with van der Waals surface area (Å²) in [6.45, 7) is 1.43. The highest BCUT2D eigenvalue weighted by atomic mass is 32.2. The van der Waals surface area contributed by atoms with E-state index in [1.54, 1.807) is 25.1 Å². The number of rotatable bonds is 4. The molecule has 0 aromatic heterocycles. The molecular formula is C10H12N2O3S. The van der Waals surface area contributed by atoms with E-state index in [9.17, 15) is 8.42 Å². The van der Waals surface area contributed by atoms with E-state index in [0.717, 1.165) is 0 Å². The van der Waals surface area contributed by atoms with Gasteiger partial charge in [-0.05, 0) is 30.7 Å². The molecule has 0 aliphatic rings. The summed E-state index contributed by atoms with van der Waals surface area (Å²) >= 11 is 0. The SMILES string of the molecule is COc1ccc(S(=O)(=O)NCC#N)c(C)c1. The highest BCUT2D eigenvalue weighted by molar-refractivity contribution is 7.89. The quantitative estimate of drug-likeness (QED) is 0.790. The minimum absolute atomic E-state index is 0.156. The largest absolute Gasteiger partial charge is 0.497 e. The van der Waals surface area contributed by atoms with Gasteiger partial charge in [-0.2, -0.15) is 9.98 Å². The van der Waals surface area contributed by atoms with Crippen molar-refractivity contribution in [1.82, 2.24) is 4.72 Å². The van der Waals surface area contributed by atoms with Crippen LogP contribution in [0.5, 0.6) is 5.75 Å². The lowest BCUT2D eigenvalue weighted by molar-refractivity contribution is 0.414. The second kappa shape index (κ2) is 4.96. The first-order valence-electron chi connectivity index (χ1n) is 4.52. The molecule has 0 bridgehead atoms. The lowest BCUT2D eigenvalue weighted by atomic mass is 10.2. The van der Waals surface area contributed by atoms with Gasteiger partial charge in [0.25, 0.3) is 0 Å². The van der Waals surface area contributed by atoms with Crippen molar-refractivity contribution in [3.8, 4) is 11.8 Å². The third-order valence-corrected chi connectivity index (χ3v) is 3.57. The third kappa shape index (κ3) is 2.72. The summed E-state index contributed by atoms with van der Waals surface area (Å²) in [5.41, 5.74) is 0.574. The first kappa shape index (κ1) is 12.5. The van der Waals surface area contributed by atoms with E-state index in [4.69, 9.17) is 10.00 Å². The van der Waals surface area contributed by atoms with Crippen molar-refractivity contribution in [3.63, 3.8) is 0 Å². The van der Waals surface area contributed by atoms with Gasteiger partial charge in [-0.25, -0.2) is 8.42 Å². The van der Waals surface area contributed by atoms with Gasteiger partial charge in [0.2, 0.25) is 10.0 Å². The minimum atomic E-state index is -3.61. The molecule has 0 aliphatic carbocycles. The molecule has 0 atom stereocenters. The Labute approximate surface area is 94.7 Å². The van der Waals surface area contributed by atoms with Crippen LogP contribution in [0, 0.1) is 18.3 Å². The number of hydrogen-bond acceptors (Lipinski definition) is 4. The number of hydrogen-bond donors (Lipinski definition) is 1. The maximum atomic E-state index is 11.7. The van der Waals surface area contributed by atoms with Crippen molar-refractivity contribution in [2.45, 2.75) is 11.8 Å². The summed E-state index contributed by atoms with van der Waals surface area (Å²) < 4.78 is 30.6. The standard InChI is InChI=1S/C10H12N2O3S/c1-8-7-9(15-2)3-4-10(8)16(13,14)12-6-5-11/h3-4,7,12H,6H2,1-2H3. The van der Waals surface area contributed by atoms with Gasteiger partial charge < -0.3 is 4.74 Å². The first-order chi connectivity index (χ1) is 7.51. The van der Waals surface area contributed by atoms with Crippen LogP contribution in [0.2, 0.25) is 0 Å². The van der Waals surface area contributed by atoms with Gasteiger partial charge in [-0.1, -0.05) is 0 Å². The van der Waals surface area contributed by atoms with Crippen molar-refractivity contribution in [3.05, 3.63) is 23.8 Å². The Balaban J connectivity index is 3.10. The molecule has 0 unspecified atom stereocenters. The fraction of sp³-hybridized carbons (Fsp3) is 0.300. The summed E-state index contributed by atoms with van der Waals surface area (Å²) in [5.74, 6) is 0.594. The predicted molar refractivity (Wildman–Crippen MR) is 58.5 cm³/mol. The molecule has 0 saturated heterocycles. The van der Waals surface area contributed by atoms with Crippen LogP contribution in [0.15, 0.2) is 23.1 Å². The Morgan fingerprint density at radius 3 is 2.69 bits per heavy atom. The van der Waals surface area contributed by atoms with E-state index in [2.05, 4.69) is 4.72 Å². The van der Waals surface area contributed by atoms with Crippen molar-refractivity contribution < 1.29 is 13.2 Å². The number of nitriles is 1. The second-order valence-corrected chi connectivity index (χ2v) is 4.85. The lowest BCUT2D eigenvalue weighted by Crippen LogP contribution is -2.24. The van der Waals surface area contributed by atoms with E-state index >= 15 is 0 Å². The molecule has 0 amide bonds. The van der Waals surface area contributed by atoms with E-state index in [1.807, 2.05) is 0 Å². The zero-order valence-corrected chi connectivity index (χ0v) is 9.84. The van der Waals surface area contributed by atoms with Gasteiger partial charge in [0, 0.05) is 0 Å². The highest BCUT2D eigenvalue weighted by Crippen LogP contribution is 2.20. The zero-order valence-electron chi connectivity index (χ0n) is 9.02. The lowest BCUT2D eigenvalue weighted by Gasteiger charge is -2.08. The van der Waals surface area contributed by atoms with Crippen molar-refractivity contribution >= 4 is 10.0 Å². The molecule has 1 aromatic carbocycles. The topological polar surface area (TPSA) is 79.2 Å². The van der Waals surface area contributed by atoms with Crippen molar-refractivity contribution in [2.75, 3.05) is 13.7 Å². The smallest absolute Gasteiger partial charge is 0.241 e. The number of nitrogens with one attached hydrogen (secondary N) is 1. The van der Waals surface area contributed by atoms with Crippen LogP contribution >= 0.6 is 0 Å². The number of ether oxygens (including phenoxy) is 1. The average Bonchev–Trinajstić information content (AvgIpc) is 2.25. The minimum Gasteiger partial charge on any atom is -0.497 e. The van der Waals surface area contributed by atoms with Crippen LogP contribution < -0.4 is 9.46 Å². The molecule has 1 rings (SSSR count). The number of nitrogens with zero attached hydrogens (tertiary/aromatic N) is 1. The number of aryl methyl sites for hydroxylation is 1. The molecule has 0 heterocycles. The zero-order chi connectivity index (χ0) is 12.2.